The first-order chi connectivity index (χ1) is 11.7. The minimum atomic E-state index is 0.567. The van der Waals surface area contributed by atoms with E-state index in [0.29, 0.717) is 34.1 Å². The van der Waals surface area contributed by atoms with E-state index >= 15 is 0 Å². The van der Waals surface area contributed by atoms with E-state index in [1.165, 1.54) is 0 Å². The zero-order valence-corrected chi connectivity index (χ0v) is 12.9. The van der Waals surface area contributed by atoms with Crippen LogP contribution in [0.5, 0.6) is 0 Å². The molecule has 0 radical (unpaired) electrons. The molecule has 118 valence electrons. The molecule has 0 fully saturated rings. The molecule has 0 aliphatic carbocycles. The van der Waals surface area contributed by atoms with Crippen molar-refractivity contribution < 1.29 is 0 Å². The number of azo groups is 2. The zero-order chi connectivity index (χ0) is 16.8. The summed E-state index contributed by atoms with van der Waals surface area (Å²) < 4.78 is 0. The summed E-state index contributed by atoms with van der Waals surface area (Å²) >= 11 is 0. The van der Waals surface area contributed by atoms with Gasteiger partial charge in [0.05, 0.1) is 11.4 Å². The Labute approximate surface area is 139 Å². The maximum atomic E-state index is 5.86. The third-order valence-electron chi connectivity index (χ3n) is 3.29. The van der Waals surface area contributed by atoms with Gasteiger partial charge >= 0.3 is 0 Å². The molecule has 0 saturated carbocycles. The molecular weight excluding hydrogens is 300 g/mol. The van der Waals surface area contributed by atoms with Gasteiger partial charge in [-0.15, -0.1) is 20.5 Å². The van der Waals surface area contributed by atoms with Crippen LogP contribution in [0.4, 0.5) is 34.1 Å². The van der Waals surface area contributed by atoms with Crippen molar-refractivity contribution >= 4 is 34.1 Å². The topological polar surface area (TPSA) is 101 Å². The second-order valence-electron chi connectivity index (χ2n) is 5.01. The van der Waals surface area contributed by atoms with Crippen molar-refractivity contribution in [3.05, 3.63) is 72.8 Å². The molecule has 0 bridgehead atoms. The minimum Gasteiger partial charge on any atom is -0.397 e. The maximum Gasteiger partial charge on any atom is 0.113 e. The predicted molar refractivity (Wildman–Crippen MR) is 96.5 cm³/mol. The smallest absolute Gasteiger partial charge is 0.113 e. The normalized spacial score (nSPS) is 11.3. The van der Waals surface area contributed by atoms with Crippen molar-refractivity contribution in [1.29, 1.82) is 0 Å². The fraction of sp³-hybridized carbons (Fsp3) is 0. The summed E-state index contributed by atoms with van der Waals surface area (Å²) in [7, 11) is 0. The van der Waals surface area contributed by atoms with Crippen LogP contribution in [-0.4, -0.2) is 0 Å². The fourth-order valence-corrected chi connectivity index (χ4v) is 2.01. The van der Waals surface area contributed by atoms with Crippen LogP contribution in [0.1, 0.15) is 0 Å². The number of benzene rings is 3. The minimum absolute atomic E-state index is 0.567. The summed E-state index contributed by atoms with van der Waals surface area (Å²) in [5.41, 5.74) is 15.3. The fourth-order valence-electron chi connectivity index (χ4n) is 2.01. The van der Waals surface area contributed by atoms with Gasteiger partial charge in [-0.3, -0.25) is 0 Å². The summed E-state index contributed by atoms with van der Waals surface area (Å²) in [6.45, 7) is 0. The molecule has 6 heteroatoms. The van der Waals surface area contributed by atoms with E-state index in [9.17, 15) is 0 Å². The highest BCUT2D eigenvalue weighted by Crippen LogP contribution is 2.32. The molecule has 0 amide bonds. The van der Waals surface area contributed by atoms with E-state index in [0.717, 1.165) is 0 Å². The van der Waals surface area contributed by atoms with Gasteiger partial charge in [-0.1, -0.05) is 36.4 Å². The maximum absolute atomic E-state index is 5.86. The van der Waals surface area contributed by atoms with Crippen LogP contribution in [-0.2, 0) is 0 Å². The predicted octanol–water partition coefficient (Wildman–Crippen LogP) is 5.68. The van der Waals surface area contributed by atoms with Crippen LogP contribution < -0.4 is 11.5 Å². The van der Waals surface area contributed by atoms with Crippen LogP contribution in [0, 0.1) is 0 Å². The Bertz CT molecular complexity index is 827. The molecule has 0 heterocycles. The van der Waals surface area contributed by atoms with E-state index in [4.69, 9.17) is 11.5 Å². The zero-order valence-electron chi connectivity index (χ0n) is 12.9. The van der Waals surface area contributed by atoms with E-state index < -0.39 is 0 Å². The Morgan fingerprint density at radius 2 is 0.708 bits per heavy atom. The molecular formula is C18H16N6. The molecule has 24 heavy (non-hydrogen) atoms. The summed E-state index contributed by atoms with van der Waals surface area (Å²) in [6, 6.07) is 21.9. The molecule has 3 rings (SSSR count). The van der Waals surface area contributed by atoms with Gasteiger partial charge in [0.25, 0.3) is 0 Å². The Morgan fingerprint density at radius 3 is 1.08 bits per heavy atom. The largest absolute Gasteiger partial charge is 0.397 e. The monoisotopic (exact) mass is 316 g/mol. The number of anilines is 2. The van der Waals surface area contributed by atoms with E-state index in [2.05, 4.69) is 20.5 Å². The molecule has 0 unspecified atom stereocenters. The molecule has 6 nitrogen and oxygen atoms in total. The van der Waals surface area contributed by atoms with Gasteiger partial charge in [-0.2, -0.15) is 0 Å². The SMILES string of the molecule is Nc1ccccc1N=Nc1ccccc1N=Nc1ccccc1N. The van der Waals surface area contributed by atoms with Crippen LogP contribution >= 0.6 is 0 Å². The van der Waals surface area contributed by atoms with E-state index in [1.54, 1.807) is 24.3 Å². The van der Waals surface area contributed by atoms with Gasteiger partial charge in [0, 0.05) is 0 Å². The molecule has 0 atom stereocenters. The van der Waals surface area contributed by atoms with Crippen molar-refractivity contribution in [2.24, 2.45) is 20.5 Å². The van der Waals surface area contributed by atoms with Crippen LogP contribution in [0.25, 0.3) is 0 Å². The van der Waals surface area contributed by atoms with Crippen molar-refractivity contribution in [2.75, 3.05) is 11.5 Å². The van der Waals surface area contributed by atoms with Crippen molar-refractivity contribution in [3.63, 3.8) is 0 Å². The highest BCUT2D eigenvalue weighted by atomic mass is 15.2. The lowest BCUT2D eigenvalue weighted by Gasteiger charge is -2.00. The summed E-state index contributed by atoms with van der Waals surface area (Å²) in [5, 5.41) is 16.8. The van der Waals surface area contributed by atoms with Crippen molar-refractivity contribution in [1.82, 2.24) is 0 Å². The number of para-hydroxylation sites is 2. The second-order valence-corrected chi connectivity index (χ2v) is 5.01. The first kappa shape index (κ1) is 15.4. The molecule has 4 N–H and O–H groups in total. The first-order valence-electron chi connectivity index (χ1n) is 7.35. The van der Waals surface area contributed by atoms with Crippen LogP contribution in [0.2, 0.25) is 0 Å². The first-order valence-corrected chi connectivity index (χ1v) is 7.35. The van der Waals surface area contributed by atoms with Crippen molar-refractivity contribution in [2.45, 2.75) is 0 Å². The Kier molecular flexibility index (Phi) is 4.57. The quantitative estimate of drug-likeness (QED) is 0.477. The van der Waals surface area contributed by atoms with Gasteiger partial charge in [0.15, 0.2) is 0 Å². The highest BCUT2D eigenvalue weighted by molar-refractivity contribution is 5.65. The lowest BCUT2D eigenvalue weighted by molar-refractivity contribution is 1.19. The summed E-state index contributed by atoms with van der Waals surface area (Å²) in [6.07, 6.45) is 0. The number of hydrogen-bond acceptors (Lipinski definition) is 6. The van der Waals surface area contributed by atoms with Crippen LogP contribution in [0.15, 0.2) is 93.3 Å². The summed E-state index contributed by atoms with van der Waals surface area (Å²) in [4.78, 5) is 0. The molecule has 3 aromatic carbocycles. The van der Waals surface area contributed by atoms with Crippen LogP contribution in [0.3, 0.4) is 0 Å². The standard InChI is InChI=1S/C18H16N6/c19-13-7-1-3-9-15(13)21-23-17-11-5-6-12-18(17)24-22-16-10-4-2-8-14(16)20/h1-12H,19-20H2. The Morgan fingerprint density at radius 1 is 0.417 bits per heavy atom. The van der Waals surface area contributed by atoms with Gasteiger partial charge < -0.3 is 11.5 Å². The molecule has 0 saturated heterocycles. The van der Waals surface area contributed by atoms with Crippen molar-refractivity contribution in [3.8, 4) is 0 Å². The number of hydrogen-bond donors (Lipinski definition) is 2. The average molecular weight is 316 g/mol. The molecule has 0 aromatic heterocycles. The molecule has 0 aliphatic rings. The Balaban J connectivity index is 1.89. The lowest BCUT2D eigenvalue weighted by atomic mass is 10.3. The van der Waals surface area contributed by atoms with E-state index in [1.807, 2.05) is 48.5 Å². The molecule has 3 aromatic rings. The lowest BCUT2D eigenvalue weighted by Crippen LogP contribution is -1.83. The Hall–Kier alpha value is -3.54. The van der Waals surface area contributed by atoms with Gasteiger partial charge in [0.1, 0.15) is 22.7 Å². The number of nitrogens with zero attached hydrogens (tertiary/aromatic N) is 4. The number of rotatable bonds is 4. The highest BCUT2D eigenvalue weighted by Gasteiger charge is 2.01. The van der Waals surface area contributed by atoms with E-state index in [-0.39, 0.29) is 0 Å². The third-order valence-corrected chi connectivity index (χ3v) is 3.29. The second kappa shape index (κ2) is 7.15. The molecule has 0 spiro atoms. The number of nitrogens with two attached hydrogens (primary N) is 2. The van der Waals surface area contributed by atoms with Gasteiger partial charge in [-0.05, 0) is 36.4 Å². The average Bonchev–Trinajstić information content (AvgIpc) is 2.61. The summed E-state index contributed by atoms with van der Waals surface area (Å²) in [5.74, 6) is 0. The van der Waals surface area contributed by atoms with Gasteiger partial charge in [0.2, 0.25) is 0 Å². The third kappa shape index (κ3) is 3.61. The number of nitrogen functional groups attached to an aromatic ring is 2. The molecule has 0 aliphatic heterocycles. The van der Waals surface area contributed by atoms with Gasteiger partial charge in [-0.25, -0.2) is 0 Å².